The van der Waals surface area contributed by atoms with Gasteiger partial charge in [-0.1, -0.05) is 12.5 Å². The highest BCUT2D eigenvalue weighted by Gasteiger charge is 2.30. The van der Waals surface area contributed by atoms with Crippen LogP contribution in [0.5, 0.6) is 0 Å². The molecule has 1 aliphatic rings. The van der Waals surface area contributed by atoms with Crippen LogP contribution < -0.4 is 5.32 Å². The van der Waals surface area contributed by atoms with E-state index < -0.39 is 11.7 Å². The van der Waals surface area contributed by atoms with E-state index in [2.05, 4.69) is 10.3 Å². The molecule has 0 aliphatic heterocycles. The minimum Gasteiger partial charge on any atom is -0.393 e. The third-order valence-electron chi connectivity index (χ3n) is 4.24. The summed E-state index contributed by atoms with van der Waals surface area (Å²) in [5.74, 6) is 0.192. The highest BCUT2D eigenvalue weighted by Crippen LogP contribution is 2.33. The first-order valence-electron chi connectivity index (χ1n) is 7.33. The zero-order chi connectivity index (χ0) is 15.7. The first-order chi connectivity index (χ1) is 10.4. The summed E-state index contributed by atoms with van der Waals surface area (Å²) >= 11 is 0. The Labute approximate surface area is 126 Å². The minimum atomic E-state index is -4.37. The molecule has 1 aliphatic carbocycles. The lowest BCUT2D eigenvalue weighted by Gasteiger charge is -2.17. The molecule has 1 heterocycles. The molecule has 1 aromatic heterocycles. The molecule has 0 spiro atoms. The minimum absolute atomic E-state index is 0.192. The molecule has 0 amide bonds. The van der Waals surface area contributed by atoms with Gasteiger partial charge < -0.3 is 10.4 Å². The summed E-state index contributed by atoms with van der Waals surface area (Å²) in [6, 6.07) is 5.32. The normalized spacial score (nSPS) is 22.2. The van der Waals surface area contributed by atoms with Crippen molar-refractivity contribution in [3.63, 3.8) is 0 Å². The highest BCUT2D eigenvalue weighted by atomic mass is 19.4. The fourth-order valence-electron chi connectivity index (χ4n) is 2.97. The van der Waals surface area contributed by atoms with Crippen LogP contribution in [0.25, 0.3) is 10.9 Å². The van der Waals surface area contributed by atoms with Gasteiger partial charge in [0.2, 0.25) is 0 Å². The number of fused-ring (bicyclic) bond motifs is 1. The second-order valence-corrected chi connectivity index (χ2v) is 5.73. The number of aliphatic hydroxyl groups excluding tert-OH is 1. The zero-order valence-electron chi connectivity index (χ0n) is 11.9. The van der Waals surface area contributed by atoms with Crippen LogP contribution in [0.4, 0.5) is 18.9 Å². The third kappa shape index (κ3) is 3.02. The lowest BCUT2D eigenvalue weighted by Crippen LogP contribution is -2.22. The van der Waals surface area contributed by atoms with Gasteiger partial charge in [0.25, 0.3) is 0 Å². The average Bonchev–Trinajstić information content (AvgIpc) is 2.89. The number of nitrogens with zero attached hydrogens (tertiary/aromatic N) is 1. The molecule has 3 rings (SSSR count). The number of hydrogen-bond donors (Lipinski definition) is 2. The van der Waals surface area contributed by atoms with Crippen LogP contribution in [0.3, 0.4) is 0 Å². The van der Waals surface area contributed by atoms with Crippen LogP contribution >= 0.6 is 0 Å². The van der Waals surface area contributed by atoms with Crippen LogP contribution in [-0.4, -0.2) is 22.7 Å². The average molecular weight is 310 g/mol. The van der Waals surface area contributed by atoms with Crippen molar-refractivity contribution in [1.82, 2.24) is 4.98 Å². The van der Waals surface area contributed by atoms with Crippen LogP contribution in [0.1, 0.15) is 24.8 Å². The Bertz CT molecular complexity index is 672. The number of halogens is 3. The Hall–Kier alpha value is -1.82. The van der Waals surface area contributed by atoms with Gasteiger partial charge in [0.1, 0.15) is 0 Å². The number of anilines is 1. The van der Waals surface area contributed by atoms with Gasteiger partial charge in [-0.15, -0.1) is 0 Å². The van der Waals surface area contributed by atoms with Crippen molar-refractivity contribution in [2.75, 3.05) is 11.9 Å². The molecule has 3 nitrogen and oxygen atoms in total. The van der Waals surface area contributed by atoms with Crippen LogP contribution in [0.15, 0.2) is 30.5 Å². The number of pyridine rings is 1. The second-order valence-electron chi connectivity index (χ2n) is 5.73. The largest absolute Gasteiger partial charge is 0.416 e. The Morgan fingerprint density at radius 3 is 2.73 bits per heavy atom. The van der Waals surface area contributed by atoms with E-state index in [9.17, 15) is 18.3 Å². The molecule has 2 atom stereocenters. The molecule has 2 N–H and O–H groups in total. The van der Waals surface area contributed by atoms with Gasteiger partial charge in [-0.2, -0.15) is 13.2 Å². The number of alkyl halides is 3. The number of aliphatic hydroxyl groups is 1. The van der Waals surface area contributed by atoms with E-state index in [0.717, 1.165) is 37.1 Å². The summed E-state index contributed by atoms with van der Waals surface area (Å²) in [7, 11) is 0. The van der Waals surface area contributed by atoms with Crippen LogP contribution in [0.2, 0.25) is 0 Å². The lowest BCUT2D eigenvalue weighted by molar-refractivity contribution is -0.137. The molecule has 1 aromatic carbocycles. The van der Waals surface area contributed by atoms with E-state index in [-0.39, 0.29) is 12.0 Å². The standard InChI is InChI=1S/C16H17F3N2O/c17-16(18,19)11-4-5-12-13(6-7-20-14(12)8-11)21-9-10-2-1-3-15(10)22/h4-8,10,15,22H,1-3,9H2,(H,20,21). The Balaban J connectivity index is 1.84. The van der Waals surface area contributed by atoms with Gasteiger partial charge in [-0.3, -0.25) is 4.98 Å². The van der Waals surface area contributed by atoms with Gasteiger partial charge in [0.15, 0.2) is 0 Å². The van der Waals surface area contributed by atoms with Gasteiger partial charge in [-0.05, 0) is 31.0 Å². The van der Waals surface area contributed by atoms with Crippen molar-refractivity contribution in [3.8, 4) is 0 Å². The lowest BCUT2D eigenvalue weighted by atomic mass is 10.1. The summed E-state index contributed by atoms with van der Waals surface area (Å²) in [4.78, 5) is 4.02. The quantitative estimate of drug-likeness (QED) is 0.905. The molecule has 22 heavy (non-hydrogen) atoms. The predicted molar refractivity (Wildman–Crippen MR) is 78.6 cm³/mol. The second kappa shape index (κ2) is 5.76. The summed E-state index contributed by atoms with van der Waals surface area (Å²) in [6.07, 6.45) is -0.367. The van der Waals surface area contributed by atoms with E-state index >= 15 is 0 Å². The maximum Gasteiger partial charge on any atom is 0.416 e. The van der Waals surface area contributed by atoms with Crippen molar-refractivity contribution < 1.29 is 18.3 Å². The highest BCUT2D eigenvalue weighted by molar-refractivity contribution is 5.91. The monoisotopic (exact) mass is 310 g/mol. The predicted octanol–water partition coefficient (Wildman–Crippen LogP) is 3.83. The smallest absolute Gasteiger partial charge is 0.393 e. The SMILES string of the molecule is OC1CCCC1CNc1ccnc2cc(C(F)(F)F)ccc12. The molecule has 0 radical (unpaired) electrons. The van der Waals surface area contributed by atoms with Crippen molar-refractivity contribution in [2.24, 2.45) is 5.92 Å². The van der Waals surface area contributed by atoms with Crippen molar-refractivity contribution >= 4 is 16.6 Å². The summed E-state index contributed by atoms with van der Waals surface area (Å²) in [5.41, 5.74) is 0.362. The maximum absolute atomic E-state index is 12.7. The van der Waals surface area contributed by atoms with Crippen LogP contribution in [0, 0.1) is 5.92 Å². The number of nitrogens with one attached hydrogen (secondary N) is 1. The molecule has 118 valence electrons. The first kappa shape index (κ1) is 15.1. The fraction of sp³-hybridized carbons (Fsp3) is 0.438. The summed E-state index contributed by atoms with van der Waals surface area (Å²) in [5, 5.41) is 13.7. The zero-order valence-corrected chi connectivity index (χ0v) is 11.9. The Kier molecular flexibility index (Phi) is 3.95. The molecule has 1 fully saturated rings. The molecule has 2 aromatic rings. The Morgan fingerprint density at radius 2 is 2.05 bits per heavy atom. The molecule has 0 saturated heterocycles. The van der Waals surface area contributed by atoms with E-state index in [4.69, 9.17) is 0 Å². The number of benzene rings is 1. The van der Waals surface area contributed by atoms with E-state index in [1.54, 1.807) is 6.07 Å². The number of aromatic nitrogens is 1. The topological polar surface area (TPSA) is 45.1 Å². The van der Waals surface area contributed by atoms with Crippen molar-refractivity contribution in [3.05, 3.63) is 36.0 Å². The van der Waals surface area contributed by atoms with E-state index in [0.29, 0.717) is 17.4 Å². The molecule has 0 bridgehead atoms. The fourth-order valence-corrected chi connectivity index (χ4v) is 2.97. The first-order valence-corrected chi connectivity index (χ1v) is 7.33. The third-order valence-corrected chi connectivity index (χ3v) is 4.24. The van der Waals surface area contributed by atoms with E-state index in [1.165, 1.54) is 12.3 Å². The Morgan fingerprint density at radius 1 is 1.23 bits per heavy atom. The van der Waals surface area contributed by atoms with Crippen molar-refractivity contribution in [2.45, 2.75) is 31.5 Å². The summed E-state index contributed by atoms with van der Waals surface area (Å²) in [6.45, 7) is 0.612. The summed E-state index contributed by atoms with van der Waals surface area (Å²) < 4.78 is 38.2. The number of rotatable bonds is 3. The van der Waals surface area contributed by atoms with Gasteiger partial charge in [-0.25, -0.2) is 0 Å². The van der Waals surface area contributed by atoms with Crippen molar-refractivity contribution in [1.29, 1.82) is 0 Å². The van der Waals surface area contributed by atoms with Gasteiger partial charge in [0.05, 0.1) is 17.2 Å². The molecular weight excluding hydrogens is 293 g/mol. The van der Waals surface area contributed by atoms with Crippen LogP contribution in [-0.2, 0) is 6.18 Å². The molecular formula is C16H17F3N2O. The van der Waals surface area contributed by atoms with Gasteiger partial charge in [0, 0.05) is 29.7 Å². The van der Waals surface area contributed by atoms with Gasteiger partial charge >= 0.3 is 6.18 Å². The maximum atomic E-state index is 12.7. The number of hydrogen-bond acceptors (Lipinski definition) is 3. The molecule has 6 heteroatoms. The van der Waals surface area contributed by atoms with E-state index in [1.807, 2.05) is 0 Å². The molecule has 1 saturated carbocycles. The molecule has 2 unspecified atom stereocenters.